The predicted molar refractivity (Wildman–Crippen MR) is 307 cm³/mol. The van der Waals surface area contributed by atoms with Gasteiger partial charge >= 0.3 is 43.0 Å². The van der Waals surface area contributed by atoms with Crippen LogP contribution in [0.2, 0.25) is 0 Å². The number of anilines is 2. The van der Waals surface area contributed by atoms with E-state index < -0.39 is 57.6 Å². The van der Waals surface area contributed by atoms with Crippen molar-refractivity contribution < 1.29 is 88.0 Å². The van der Waals surface area contributed by atoms with Gasteiger partial charge in [0.2, 0.25) is 0 Å². The number of aromatic nitrogens is 6. The Hall–Kier alpha value is -8.22. The number of amides is 2. The second-order valence-corrected chi connectivity index (χ2v) is 23.5. The van der Waals surface area contributed by atoms with Gasteiger partial charge < -0.3 is 70.4 Å². The van der Waals surface area contributed by atoms with E-state index in [1.807, 2.05) is 34.1 Å². The van der Waals surface area contributed by atoms with Crippen molar-refractivity contribution in [3.05, 3.63) is 84.7 Å². The Morgan fingerprint density at radius 1 is 0.635 bits per heavy atom. The molecule has 2 amide bonds. The Labute approximate surface area is 504 Å². The van der Waals surface area contributed by atoms with Crippen molar-refractivity contribution in [2.45, 2.75) is 135 Å². The van der Waals surface area contributed by atoms with Crippen LogP contribution in [0.25, 0.3) is 33.3 Å². The first-order valence-corrected chi connectivity index (χ1v) is 26.8. The van der Waals surface area contributed by atoms with Crippen molar-refractivity contribution in [2.75, 3.05) is 55.8 Å². The average Bonchev–Trinajstić information content (AvgIpc) is 4.04. The third-order valence-electron chi connectivity index (χ3n) is 13.2. The maximum Gasteiger partial charge on any atom is 1.00 e. The number of carboxylic acids is 1. The number of pyridine rings is 4. The topological polar surface area (TPSA) is 375 Å². The Morgan fingerprint density at radius 3 is 1.33 bits per heavy atom. The number of hydrogen-bond donors (Lipinski definition) is 5. The van der Waals surface area contributed by atoms with E-state index in [-0.39, 0.29) is 62.5 Å². The molecule has 8 rings (SSSR count). The molecule has 0 radical (unpaired) electrons. The fourth-order valence-corrected chi connectivity index (χ4v) is 9.22. The van der Waals surface area contributed by atoms with Crippen LogP contribution in [0.5, 0.6) is 11.5 Å². The number of nitrogens with one attached hydrogen (secondary N) is 2. The first-order valence-electron chi connectivity index (χ1n) is 26.8. The van der Waals surface area contributed by atoms with Crippen LogP contribution in [0.4, 0.5) is 21.2 Å². The van der Waals surface area contributed by atoms with Gasteiger partial charge in [0.15, 0.2) is 0 Å². The fraction of sp³-hybridized carbons (Fsp3) is 0.483. The summed E-state index contributed by atoms with van der Waals surface area (Å²) in [5.74, 6) is 0.724. The summed E-state index contributed by atoms with van der Waals surface area (Å²) in [6.45, 7) is 20.7. The number of aliphatic carboxylic acids is 1. The van der Waals surface area contributed by atoms with Gasteiger partial charge in [-0.05, 0) is 138 Å². The number of carbonyl (C=O) groups excluding carboxylic acids is 3. The molecular formula is C58H75LiN12O14. The zero-order valence-corrected chi connectivity index (χ0v) is 50.1. The molecule has 2 saturated heterocycles. The van der Waals surface area contributed by atoms with Crippen LogP contribution in [0.3, 0.4) is 0 Å². The van der Waals surface area contributed by atoms with Crippen LogP contribution in [-0.2, 0) is 23.8 Å². The molecule has 0 aromatic carbocycles. The third-order valence-corrected chi connectivity index (χ3v) is 13.2. The number of ether oxygens (including phenoxy) is 5. The standard InChI is InChI=1S/C30H38N6O6.C28H34N6O6.Li.2H2O/c1-7-40-26(37)30(34-27(38)42-28(2,3)4)10-12-35(13-11-30)24-9-8-20(16-32-24)23-14-22(41-19-29(5,6)39)18-36-25(23)21(15-31)17-33-36;1-26(2,3)40-25(37)32-28(24(35)36)8-10-33(11-9-28)22-7-6-18(14-30-22)21-12-20(39-17-27(4,5)38)16-34-23(21)19(13-29)15-31-34;;;/h8-9,14,16-18,39H,7,10-13,19H2,1-6H3,(H,34,38);6-7,12,14-16,38H,8-11,17H2,1-5H3,(H,32,37)(H,35,36);;2*1H2/q;;+1;;/p-1. The predicted octanol–water partition coefficient (Wildman–Crippen LogP) is 3.21. The molecule has 8 heterocycles. The van der Waals surface area contributed by atoms with Crippen molar-refractivity contribution >= 4 is 46.8 Å². The number of piperidine rings is 2. The van der Waals surface area contributed by atoms with Crippen molar-refractivity contribution in [1.82, 2.24) is 39.8 Å². The molecule has 0 saturated carbocycles. The number of carbonyl (C=O) groups is 4. The smallest absolute Gasteiger partial charge is 0.870 e. The monoisotopic (exact) mass is 1170 g/mol. The van der Waals surface area contributed by atoms with E-state index in [9.17, 15) is 45.0 Å². The Bertz CT molecular complexity index is 3370. The van der Waals surface area contributed by atoms with E-state index in [0.29, 0.717) is 95.4 Å². The van der Waals surface area contributed by atoms with Gasteiger partial charge in [0.1, 0.15) is 70.8 Å². The summed E-state index contributed by atoms with van der Waals surface area (Å²) in [6, 6.07) is 15.4. The summed E-state index contributed by atoms with van der Waals surface area (Å²) < 4.78 is 30.8. The minimum absolute atomic E-state index is 0. The Morgan fingerprint density at radius 2 is 1.01 bits per heavy atom. The third kappa shape index (κ3) is 17.7. The molecule has 27 heteroatoms. The molecule has 0 unspecified atom stereocenters. The molecule has 0 bridgehead atoms. The molecule has 0 atom stereocenters. The molecule has 2 fully saturated rings. The van der Waals surface area contributed by atoms with E-state index >= 15 is 0 Å². The number of nitrogens with zero attached hydrogens (tertiary/aromatic N) is 10. The van der Waals surface area contributed by atoms with E-state index in [0.717, 1.165) is 11.1 Å². The second kappa shape index (κ2) is 27.7. The Kier molecular flexibility index (Phi) is 22.5. The first kappa shape index (κ1) is 69.3. The van der Waals surface area contributed by atoms with Crippen LogP contribution >= 0.6 is 0 Å². The number of fused-ring (bicyclic) bond motifs is 2. The summed E-state index contributed by atoms with van der Waals surface area (Å²) in [6.07, 6.45) is 9.24. The summed E-state index contributed by atoms with van der Waals surface area (Å²) in [5, 5.41) is 63.3. The molecule has 6 aromatic rings. The first-order chi connectivity index (χ1) is 38.4. The van der Waals surface area contributed by atoms with E-state index in [2.05, 4.69) is 42.9 Å². The quantitative estimate of drug-likeness (QED) is 0.0560. The van der Waals surface area contributed by atoms with Crippen LogP contribution in [0.1, 0.15) is 113 Å². The van der Waals surface area contributed by atoms with Crippen molar-refractivity contribution in [1.29, 1.82) is 10.5 Å². The number of nitriles is 2. The molecule has 8 N–H and O–H groups in total. The molecule has 85 heavy (non-hydrogen) atoms. The molecule has 0 spiro atoms. The number of carboxylic acid groups (broad SMARTS) is 1. The molecule has 0 aliphatic carbocycles. The van der Waals surface area contributed by atoms with Gasteiger partial charge in [0, 0.05) is 60.8 Å². The molecule has 452 valence electrons. The maximum absolute atomic E-state index is 13.0. The van der Waals surface area contributed by atoms with Crippen LogP contribution in [-0.4, -0.2) is 159 Å². The molecule has 2 aliphatic rings. The van der Waals surface area contributed by atoms with Crippen molar-refractivity contribution in [2.24, 2.45) is 0 Å². The van der Waals surface area contributed by atoms with Gasteiger partial charge in [0.25, 0.3) is 0 Å². The van der Waals surface area contributed by atoms with Crippen LogP contribution in [0, 0.1) is 22.7 Å². The van der Waals surface area contributed by atoms with Crippen LogP contribution < -0.4 is 48.8 Å². The number of hydrogen-bond acceptors (Lipinski definition) is 20. The minimum atomic E-state index is -1.43. The van der Waals surface area contributed by atoms with Gasteiger partial charge in [-0.1, -0.05) is 0 Å². The second-order valence-electron chi connectivity index (χ2n) is 23.5. The summed E-state index contributed by atoms with van der Waals surface area (Å²) in [5.41, 5.74) is -1.24. The summed E-state index contributed by atoms with van der Waals surface area (Å²) in [7, 11) is 0. The number of alkyl carbamates (subject to hydrolysis) is 2. The fourth-order valence-electron chi connectivity index (χ4n) is 9.22. The largest absolute Gasteiger partial charge is 1.00 e. The van der Waals surface area contributed by atoms with Crippen molar-refractivity contribution in [3.63, 3.8) is 0 Å². The van der Waals surface area contributed by atoms with Gasteiger partial charge in [-0.25, -0.2) is 38.2 Å². The molecule has 26 nitrogen and oxygen atoms in total. The minimum Gasteiger partial charge on any atom is -0.870 e. The van der Waals surface area contributed by atoms with E-state index in [4.69, 9.17) is 23.7 Å². The summed E-state index contributed by atoms with van der Waals surface area (Å²) in [4.78, 5) is 63.3. The Balaban J connectivity index is 0.000000352. The number of aliphatic hydroxyl groups is 2. The zero-order chi connectivity index (χ0) is 60.0. The summed E-state index contributed by atoms with van der Waals surface area (Å²) >= 11 is 0. The molecule has 2 aliphatic heterocycles. The maximum atomic E-state index is 13.0. The normalized spacial score (nSPS) is 14.7. The average molecular weight is 1170 g/mol. The van der Waals surface area contributed by atoms with Crippen molar-refractivity contribution in [3.8, 4) is 45.9 Å². The SMILES string of the molecule is CC(C)(O)COc1cc(-c2ccc(N3CCC(NC(=O)OC(C)(C)C)(C(=O)O)CC3)nc2)c2c(C#N)cnn2c1.CCOC(=O)C1(NC(=O)OC(C)(C)C)CCN(c2ccc(-c3cc(OCC(C)(C)O)cn4ncc(C#N)c34)cn2)CC1.O.[Li+].[OH-]. The number of rotatable bonds is 15. The van der Waals surface area contributed by atoms with Crippen LogP contribution in [0.15, 0.2) is 73.6 Å². The van der Waals surface area contributed by atoms with Gasteiger partial charge in [-0.3, -0.25) is 0 Å². The van der Waals surface area contributed by atoms with Gasteiger partial charge in [-0.2, -0.15) is 20.7 Å². The molecule has 6 aromatic heterocycles. The van der Waals surface area contributed by atoms with E-state index in [1.165, 1.54) is 12.4 Å². The van der Waals surface area contributed by atoms with E-state index in [1.54, 1.807) is 122 Å². The van der Waals surface area contributed by atoms with Gasteiger partial charge in [0.05, 0.1) is 64.8 Å². The van der Waals surface area contributed by atoms with Gasteiger partial charge in [-0.15, -0.1) is 0 Å². The zero-order valence-electron chi connectivity index (χ0n) is 50.1. The number of esters is 1. The molecular weight excluding hydrogens is 1100 g/mol.